The van der Waals surface area contributed by atoms with Crippen LogP contribution in [0.5, 0.6) is 0 Å². The van der Waals surface area contributed by atoms with Crippen molar-refractivity contribution in [1.82, 2.24) is 9.13 Å². The van der Waals surface area contributed by atoms with Gasteiger partial charge in [-0.1, -0.05) is 109 Å². The van der Waals surface area contributed by atoms with E-state index < -0.39 is 0 Å². The molecule has 0 atom stereocenters. The minimum atomic E-state index is 1.14. The fraction of sp³-hybridized carbons (Fsp3) is 0.0789. The summed E-state index contributed by atoms with van der Waals surface area (Å²) in [6.07, 6.45) is 0. The van der Waals surface area contributed by atoms with Crippen molar-refractivity contribution < 1.29 is 4.57 Å². The van der Waals surface area contributed by atoms with Crippen molar-refractivity contribution in [3.63, 3.8) is 0 Å². The van der Waals surface area contributed by atoms with Gasteiger partial charge in [-0.15, -0.1) is 0 Å². The minimum absolute atomic E-state index is 1.14. The molecule has 0 N–H and O–H groups in total. The Morgan fingerprint density at radius 1 is 0.537 bits per heavy atom. The maximum absolute atomic E-state index is 2.48. The molecule has 3 nitrogen and oxygen atoms in total. The van der Waals surface area contributed by atoms with Crippen LogP contribution in [0, 0.1) is 13.8 Å². The SMILES string of the molecule is Cc1cc(C)n(-c2c(-c3ccccc3)cccc2-c2ccccc2)c1-c1n(-c2ccccc2)c2ccccc2[n+]1C. The molecule has 0 aliphatic rings. The van der Waals surface area contributed by atoms with Crippen LogP contribution in [0.4, 0.5) is 0 Å². The second-order valence-corrected chi connectivity index (χ2v) is 10.6. The lowest BCUT2D eigenvalue weighted by atomic mass is 9.95. The highest BCUT2D eigenvalue weighted by atomic mass is 15.2. The molecular formula is C38H32N3+. The van der Waals surface area contributed by atoms with E-state index in [1.807, 2.05) is 0 Å². The third-order valence-electron chi connectivity index (χ3n) is 8.04. The Hall–Kier alpha value is -5.15. The second kappa shape index (κ2) is 10.1. The number of benzene rings is 5. The summed E-state index contributed by atoms with van der Waals surface area (Å²) in [5, 5.41) is 0. The monoisotopic (exact) mass is 530 g/mol. The molecule has 0 aliphatic heterocycles. The molecule has 0 aliphatic carbocycles. The van der Waals surface area contributed by atoms with Crippen molar-refractivity contribution in [3.8, 4) is 45.1 Å². The zero-order chi connectivity index (χ0) is 27.9. The van der Waals surface area contributed by atoms with E-state index in [1.54, 1.807) is 0 Å². The van der Waals surface area contributed by atoms with Gasteiger partial charge in [-0.05, 0) is 60.9 Å². The number of para-hydroxylation sites is 4. The van der Waals surface area contributed by atoms with Crippen LogP contribution in [0.25, 0.3) is 56.2 Å². The first-order valence-corrected chi connectivity index (χ1v) is 14.1. The van der Waals surface area contributed by atoms with Gasteiger partial charge in [0.15, 0.2) is 11.0 Å². The molecule has 0 saturated carbocycles. The first kappa shape index (κ1) is 24.9. The lowest BCUT2D eigenvalue weighted by Crippen LogP contribution is -2.31. The molecule has 198 valence electrons. The van der Waals surface area contributed by atoms with Gasteiger partial charge in [-0.3, -0.25) is 0 Å². The van der Waals surface area contributed by atoms with Gasteiger partial charge in [-0.2, -0.15) is 4.57 Å². The van der Waals surface area contributed by atoms with Crippen LogP contribution in [0.2, 0.25) is 0 Å². The molecule has 0 fully saturated rings. The van der Waals surface area contributed by atoms with Crippen LogP contribution >= 0.6 is 0 Å². The molecule has 0 saturated heterocycles. The Morgan fingerprint density at radius 3 is 1.68 bits per heavy atom. The fourth-order valence-corrected chi connectivity index (χ4v) is 6.27. The summed E-state index contributed by atoms with van der Waals surface area (Å²) in [6.45, 7) is 4.46. The zero-order valence-electron chi connectivity index (χ0n) is 23.6. The molecule has 0 bridgehead atoms. The largest absolute Gasteiger partial charge is 0.312 e. The van der Waals surface area contributed by atoms with Crippen molar-refractivity contribution in [2.75, 3.05) is 0 Å². The molecule has 0 spiro atoms. The summed E-state index contributed by atoms with van der Waals surface area (Å²) >= 11 is 0. The van der Waals surface area contributed by atoms with Crippen LogP contribution in [-0.4, -0.2) is 9.13 Å². The summed E-state index contributed by atoms with van der Waals surface area (Å²) in [4.78, 5) is 0. The third-order valence-corrected chi connectivity index (χ3v) is 8.04. The number of hydrogen-bond acceptors (Lipinski definition) is 0. The summed E-state index contributed by atoms with van der Waals surface area (Å²) in [7, 11) is 2.18. The molecule has 7 aromatic rings. The van der Waals surface area contributed by atoms with E-state index in [0.717, 1.165) is 11.5 Å². The van der Waals surface area contributed by atoms with E-state index in [4.69, 9.17) is 0 Å². The first-order chi connectivity index (χ1) is 20.1. The van der Waals surface area contributed by atoms with Gasteiger partial charge >= 0.3 is 5.82 Å². The molecule has 2 aromatic heterocycles. The van der Waals surface area contributed by atoms with Crippen molar-refractivity contribution in [3.05, 3.63) is 151 Å². The maximum Gasteiger partial charge on any atom is 0.312 e. The summed E-state index contributed by atoms with van der Waals surface area (Å²) in [6, 6.07) is 49.9. The van der Waals surface area contributed by atoms with Crippen LogP contribution in [-0.2, 0) is 7.05 Å². The fourth-order valence-electron chi connectivity index (χ4n) is 6.27. The highest BCUT2D eigenvalue weighted by Crippen LogP contribution is 2.41. The molecule has 0 amide bonds. The van der Waals surface area contributed by atoms with E-state index in [2.05, 4.69) is 174 Å². The average molecular weight is 531 g/mol. The normalized spacial score (nSPS) is 11.3. The number of imidazole rings is 1. The number of aryl methyl sites for hydroxylation is 3. The molecule has 0 unspecified atom stereocenters. The topological polar surface area (TPSA) is 13.7 Å². The molecule has 7 rings (SSSR count). The van der Waals surface area contributed by atoms with Gasteiger partial charge in [0.2, 0.25) is 0 Å². The average Bonchev–Trinajstić information content (AvgIpc) is 3.48. The summed E-state index contributed by atoms with van der Waals surface area (Å²) < 4.78 is 7.22. The van der Waals surface area contributed by atoms with Crippen LogP contribution in [0.3, 0.4) is 0 Å². The number of hydrogen-bond donors (Lipinski definition) is 0. The van der Waals surface area contributed by atoms with E-state index in [9.17, 15) is 0 Å². The maximum atomic E-state index is 2.48. The number of nitrogens with zero attached hydrogens (tertiary/aromatic N) is 3. The Balaban J connectivity index is 1.63. The Morgan fingerprint density at radius 2 is 1.07 bits per heavy atom. The highest BCUT2D eigenvalue weighted by Gasteiger charge is 2.32. The quantitative estimate of drug-likeness (QED) is 0.197. The zero-order valence-corrected chi connectivity index (χ0v) is 23.6. The first-order valence-electron chi connectivity index (χ1n) is 14.1. The molecule has 5 aromatic carbocycles. The Labute approximate surface area is 241 Å². The van der Waals surface area contributed by atoms with E-state index in [-0.39, 0.29) is 0 Å². The summed E-state index contributed by atoms with van der Waals surface area (Å²) in [5.74, 6) is 1.14. The van der Waals surface area contributed by atoms with Gasteiger partial charge in [0.25, 0.3) is 0 Å². The van der Waals surface area contributed by atoms with E-state index >= 15 is 0 Å². The van der Waals surface area contributed by atoms with Crippen molar-refractivity contribution >= 4 is 11.0 Å². The number of fused-ring (bicyclic) bond motifs is 1. The number of rotatable bonds is 5. The molecule has 2 heterocycles. The molecule has 3 heteroatoms. The highest BCUT2D eigenvalue weighted by molar-refractivity contribution is 5.88. The predicted molar refractivity (Wildman–Crippen MR) is 170 cm³/mol. The van der Waals surface area contributed by atoms with Crippen molar-refractivity contribution in [1.29, 1.82) is 0 Å². The lowest BCUT2D eigenvalue weighted by Gasteiger charge is -2.20. The Bertz CT molecular complexity index is 1940. The van der Waals surface area contributed by atoms with Crippen molar-refractivity contribution in [2.45, 2.75) is 13.8 Å². The van der Waals surface area contributed by atoms with Gasteiger partial charge in [0.05, 0.1) is 12.7 Å². The minimum Gasteiger partial charge on any atom is -0.306 e. The second-order valence-electron chi connectivity index (χ2n) is 10.6. The third kappa shape index (κ3) is 4.09. The molecule has 0 radical (unpaired) electrons. The summed E-state index contributed by atoms with van der Waals surface area (Å²) in [5.41, 5.74) is 13.1. The lowest BCUT2D eigenvalue weighted by molar-refractivity contribution is -0.634. The van der Waals surface area contributed by atoms with Crippen molar-refractivity contribution in [2.24, 2.45) is 7.05 Å². The molecule has 41 heavy (non-hydrogen) atoms. The van der Waals surface area contributed by atoms with Crippen LogP contribution < -0.4 is 4.57 Å². The van der Waals surface area contributed by atoms with Gasteiger partial charge in [0, 0.05) is 16.8 Å². The van der Waals surface area contributed by atoms with E-state index in [1.165, 1.54) is 55.9 Å². The molecular weight excluding hydrogens is 498 g/mol. The smallest absolute Gasteiger partial charge is 0.306 e. The van der Waals surface area contributed by atoms with Gasteiger partial charge in [-0.25, -0.2) is 4.57 Å². The van der Waals surface area contributed by atoms with Crippen LogP contribution in [0.15, 0.2) is 140 Å². The van der Waals surface area contributed by atoms with Gasteiger partial charge in [0.1, 0.15) is 11.4 Å². The Kier molecular flexibility index (Phi) is 6.13. The van der Waals surface area contributed by atoms with E-state index in [0.29, 0.717) is 0 Å². The predicted octanol–water partition coefficient (Wildman–Crippen LogP) is 8.86. The van der Waals surface area contributed by atoms with Crippen LogP contribution in [0.1, 0.15) is 11.3 Å². The number of aromatic nitrogens is 3. The van der Waals surface area contributed by atoms with Gasteiger partial charge < -0.3 is 4.57 Å². The standard InChI is InChI=1S/C38H32N3/c1-27-26-28(2)40(36(27)38-39(3)34-24-13-14-25-35(34)41(38)31-20-11-6-12-21-31)37-32(29-16-7-4-8-17-29)22-15-23-33(37)30-18-9-5-10-19-30/h4-26H,1-3H3/q+1.